The zero-order valence-electron chi connectivity index (χ0n) is 14.7. The Kier molecular flexibility index (Phi) is 5.83. The molecule has 0 radical (unpaired) electrons. The van der Waals surface area contributed by atoms with Crippen molar-refractivity contribution >= 4 is 5.91 Å². The summed E-state index contributed by atoms with van der Waals surface area (Å²) in [6.07, 6.45) is 6.94. The summed E-state index contributed by atoms with van der Waals surface area (Å²) in [5.74, 6) is -2.86. The molecule has 1 unspecified atom stereocenters. The molecule has 1 atom stereocenters. The smallest absolute Gasteiger partial charge is 0.271 e. The van der Waals surface area contributed by atoms with E-state index < -0.39 is 34.9 Å². The fraction of sp³-hybridized carbons (Fsp3) is 0.421. The van der Waals surface area contributed by atoms with E-state index in [-0.39, 0.29) is 5.75 Å². The number of carbonyl (C=O) groups is 1. The Labute approximate surface area is 154 Å². The number of hydrogen-bond acceptors (Lipinski definition) is 4. The normalized spacial score (nSPS) is 16.1. The van der Waals surface area contributed by atoms with Gasteiger partial charge in [-0.2, -0.15) is 5.10 Å². The van der Waals surface area contributed by atoms with Crippen LogP contribution in [-0.2, 0) is 4.79 Å². The third-order valence-electron chi connectivity index (χ3n) is 4.84. The van der Waals surface area contributed by atoms with Crippen LogP contribution >= 0.6 is 0 Å². The number of benzene rings is 1. The highest BCUT2D eigenvalue weighted by atomic mass is 19.1. The minimum Gasteiger partial charge on any atom is -0.449 e. The predicted molar refractivity (Wildman–Crippen MR) is 94.4 cm³/mol. The molecular formula is C19H21F2N3O3. The number of nitrogens with zero attached hydrogens (tertiary/aromatic N) is 2. The third-order valence-corrected chi connectivity index (χ3v) is 4.84. The number of nitrogens with two attached hydrogens (primary N) is 1. The number of amides is 1. The average Bonchev–Trinajstić information content (AvgIpc) is 2.64. The van der Waals surface area contributed by atoms with Gasteiger partial charge in [0.1, 0.15) is 6.04 Å². The molecule has 1 heterocycles. The number of aromatic nitrogens is 2. The highest BCUT2D eigenvalue weighted by Gasteiger charge is 2.26. The van der Waals surface area contributed by atoms with E-state index in [1.165, 1.54) is 12.5 Å². The Bertz CT molecular complexity index is 858. The molecule has 1 aliphatic rings. The summed E-state index contributed by atoms with van der Waals surface area (Å²) in [5.41, 5.74) is 4.87. The highest BCUT2D eigenvalue weighted by Crippen LogP contribution is 2.30. The maximum atomic E-state index is 13.7. The van der Waals surface area contributed by atoms with Gasteiger partial charge in [0.05, 0.1) is 6.20 Å². The molecule has 0 bridgehead atoms. The molecule has 0 spiro atoms. The van der Waals surface area contributed by atoms with E-state index in [4.69, 9.17) is 10.5 Å². The van der Waals surface area contributed by atoms with Crippen molar-refractivity contribution in [2.75, 3.05) is 0 Å². The van der Waals surface area contributed by atoms with Crippen LogP contribution in [-0.4, -0.2) is 15.7 Å². The van der Waals surface area contributed by atoms with E-state index in [2.05, 4.69) is 5.10 Å². The van der Waals surface area contributed by atoms with Gasteiger partial charge in [-0.3, -0.25) is 9.59 Å². The molecule has 0 aliphatic heterocycles. The summed E-state index contributed by atoms with van der Waals surface area (Å²) in [6.45, 7) is 0. The van der Waals surface area contributed by atoms with Crippen LogP contribution in [0.15, 0.2) is 35.3 Å². The Balaban J connectivity index is 1.82. The standard InChI is InChI=1S/C19H21F2N3O3/c20-14-7-4-8-15(21)18(14)27-13-10-17(25)24(23-11-13)16(19(22)26)9-12-5-2-1-3-6-12/h4,7-8,10-12,16H,1-3,5-6,9H2,(H2,22,26). The molecule has 1 aliphatic carbocycles. The van der Waals surface area contributed by atoms with Crippen LogP contribution in [0.3, 0.4) is 0 Å². The van der Waals surface area contributed by atoms with E-state index in [1.807, 2.05) is 0 Å². The van der Waals surface area contributed by atoms with E-state index >= 15 is 0 Å². The lowest BCUT2D eigenvalue weighted by Gasteiger charge is -2.25. The number of primary amides is 1. The molecule has 6 nitrogen and oxygen atoms in total. The molecule has 1 aromatic carbocycles. The van der Waals surface area contributed by atoms with Crippen LogP contribution < -0.4 is 16.0 Å². The quantitative estimate of drug-likeness (QED) is 0.837. The number of rotatable bonds is 6. The molecule has 2 aromatic rings. The number of halogens is 2. The fourth-order valence-corrected chi connectivity index (χ4v) is 3.46. The predicted octanol–water partition coefficient (Wildman–Crippen LogP) is 3.31. The molecule has 27 heavy (non-hydrogen) atoms. The van der Waals surface area contributed by atoms with Crippen LogP contribution in [0.25, 0.3) is 0 Å². The minimum absolute atomic E-state index is 0.124. The van der Waals surface area contributed by atoms with Crippen LogP contribution in [0, 0.1) is 17.6 Å². The highest BCUT2D eigenvalue weighted by molar-refractivity contribution is 5.78. The second kappa shape index (κ2) is 8.28. The molecule has 8 heteroatoms. The van der Waals surface area contributed by atoms with Crippen LogP contribution in [0.1, 0.15) is 44.6 Å². The number of carbonyl (C=O) groups excluding carboxylic acids is 1. The first-order valence-electron chi connectivity index (χ1n) is 8.95. The second-order valence-corrected chi connectivity index (χ2v) is 6.78. The third kappa shape index (κ3) is 4.50. The Hall–Kier alpha value is -2.77. The minimum atomic E-state index is -0.897. The van der Waals surface area contributed by atoms with Crippen molar-refractivity contribution in [3.05, 3.63) is 52.5 Å². The van der Waals surface area contributed by atoms with Gasteiger partial charge < -0.3 is 10.5 Å². The van der Waals surface area contributed by atoms with Gasteiger partial charge >= 0.3 is 0 Å². The van der Waals surface area contributed by atoms with E-state index in [0.29, 0.717) is 12.3 Å². The Morgan fingerprint density at radius 3 is 2.52 bits per heavy atom. The molecule has 1 fully saturated rings. The molecule has 1 amide bonds. The monoisotopic (exact) mass is 377 g/mol. The van der Waals surface area contributed by atoms with E-state index in [0.717, 1.165) is 54.8 Å². The maximum absolute atomic E-state index is 13.7. The lowest BCUT2D eigenvalue weighted by atomic mass is 9.84. The SMILES string of the molecule is NC(=O)C(CC1CCCCC1)n1ncc(Oc2c(F)cccc2F)cc1=O. The molecule has 144 valence electrons. The van der Waals surface area contributed by atoms with Gasteiger partial charge in [0, 0.05) is 6.07 Å². The van der Waals surface area contributed by atoms with E-state index in [9.17, 15) is 18.4 Å². The number of para-hydroxylation sites is 1. The maximum Gasteiger partial charge on any atom is 0.271 e. The Morgan fingerprint density at radius 1 is 1.26 bits per heavy atom. The zero-order valence-corrected chi connectivity index (χ0v) is 14.7. The lowest BCUT2D eigenvalue weighted by molar-refractivity contribution is -0.122. The van der Waals surface area contributed by atoms with Crippen molar-refractivity contribution in [3.63, 3.8) is 0 Å². The Morgan fingerprint density at radius 2 is 1.93 bits per heavy atom. The van der Waals surface area contributed by atoms with Gasteiger partial charge in [0.15, 0.2) is 23.1 Å². The van der Waals surface area contributed by atoms with E-state index in [1.54, 1.807) is 0 Å². The molecule has 2 N–H and O–H groups in total. The largest absolute Gasteiger partial charge is 0.449 e. The molecule has 3 rings (SSSR count). The average molecular weight is 377 g/mol. The first-order valence-corrected chi connectivity index (χ1v) is 8.95. The van der Waals surface area contributed by atoms with Crippen molar-refractivity contribution < 1.29 is 18.3 Å². The molecular weight excluding hydrogens is 356 g/mol. The van der Waals surface area contributed by atoms with Gasteiger partial charge in [-0.25, -0.2) is 13.5 Å². The van der Waals surface area contributed by atoms with Gasteiger partial charge in [-0.15, -0.1) is 0 Å². The van der Waals surface area contributed by atoms with Crippen molar-refractivity contribution in [2.24, 2.45) is 11.7 Å². The second-order valence-electron chi connectivity index (χ2n) is 6.78. The van der Waals surface area contributed by atoms with Crippen molar-refractivity contribution in [1.29, 1.82) is 0 Å². The molecule has 1 aromatic heterocycles. The van der Waals surface area contributed by atoms with Gasteiger partial charge in [0.2, 0.25) is 5.91 Å². The van der Waals surface area contributed by atoms with Crippen molar-refractivity contribution in [2.45, 2.75) is 44.6 Å². The van der Waals surface area contributed by atoms with Crippen molar-refractivity contribution in [1.82, 2.24) is 9.78 Å². The number of hydrogen-bond donors (Lipinski definition) is 1. The first kappa shape index (κ1) is 19.0. The molecule has 0 saturated heterocycles. The topological polar surface area (TPSA) is 87.2 Å². The first-order chi connectivity index (χ1) is 13.0. The summed E-state index contributed by atoms with van der Waals surface area (Å²) in [4.78, 5) is 24.3. The van der Waals surface area contributed by atoms with Crippen molar-refractivity contribution in [3.8, 4) is 11.5 Å². The van der Waals surface area contributed by atoms with Gasteiger partial charge in [-0.1, -0.05) is 38.2 Å². The van der Waals surface area contributed by atoms with Crippen LogP contribution in [0.2, 0.25) is 0 Å². The summed E-state index contributed by atoms with van der Waals surface area (Å²) in [6, 6.07) is 3.47. The summed E-state index contributed by atoms with van der Waals surface area (Å²) < 4.78 is 33.5. The van der Waals surface area contributed by atoms with Crippen LogP contribution in [0.4, 0.5) is 8.78 Å². The van der Waals surface area contributed by atoms with Gasteiger partial charge in [-0.05, 0) is 24.5 Å². The summed E-state index contributed by atoms with van der Waals surface area (Å²) >= 11 is 0. The summed E-state index contributed by atoms with van der Waals surface area (Å²) in [7, 11) is 0. The fourth-order valence-electron chi connectivity index (χ4n) is 3.46. The summed E-state index contributed by atoms with van der Waals surface area (Å²) in [5, 5.41) is 3.95. The van der Waals surface area contributed by atoms with Crippen LogP contribution in [0.5, 0.6) is 11.5 Å². The lowest BCUT2D eigenvalue weighted by Crippen LogP contribution is -2.36. The zero-order chi connectivity index (χ0) is 19.4. The molecule has 1 saturated carbocycles. The number of ether oxygens (including phenoxy) is 1. The van der Waals surface area contributed by atoms with Gasteiger partial charge in [0.25, 0.3) is 5.56 Å².